The molecule has 3 rings (SSSR count). The van der Waals surface area contributed by atoms with E-state index in [1.807, 2.05) is 30.3 Å². The molecule has 0 bridgehead atoms. The van der Waals surface area contributed by atoms with E-state index in [0.717, 1.165) is 25.2 Å². The quantitative estimate of drug-likeness (QED) is 0.859. The summed E-state index contributed by atoms with van der Waals surface area (Å²) in [5.41, 5.74) is 3.36. The van der Waals surface area contributed by atoms with E-state index in [-0.39, 0.29) is 12.0 Å². The Bertz CT molecular complexity index is 655. The predicted molar refractivity (Wildman–Crippen MR) is 95.6 cm³/mol. The van der Waals surface area contributed by atoms with Crippen molar-refractivity contribution in [2.45, 2.75) is 19.6 Å². The summed E-state index contributed by atoms with van der Waals surface area (Å²) >= 11 is 0. The molecule has 2 aromatic rings. The Morgan fingerprint density at radius 2 is 1.83 bits per heavy atom. The second-order valence-corrected chi connectivity index (χ2v) is 6.02. The molecule has 2 aromatic carbocycles. The molecule has 1 aliphatic heterocycles. The maximum atomic E-state index is 12.3. The van der Waals surface area contributed by atoms with Gasteiger partial charge in [-0.25, -0.2) is 0 Å². The van der Waals surface area contributed by atoms with Crippen LogP contribution in [0.25, 0.3) is 11.1 Å². The van der Waals surface area contributed by atoms with Gasteiger partial charge >= 0.3 is 5.97 Å². The second-order valence-electron chi connectivity index (χ2n) is 6.02. The molecular formula is C20H24N2O2. The van der Waals surface area contributed by atoms with Gasteiger partial charge in [0.25, 0.3) is 0 Å². The van der Waals surface area contributed by atoms with Crippen molar-refractivity contribution in [2.75, 3.05) is 26.2 Å². The summed E-state index contributed by atoms with van der Waals surface area (Å²) in [7, 11) is 0. The van der Waals surface area contributed by atoms with Crippen LogP contribution in [0.2, 0.25) is 0 Å². The summed E-state index contributed by atoms with van der Waals surface area (Å²) in [4.78, 5) is 14.5. The molecule has 1 N–H and O–H groups in total. The standard InChI is InChI=1S/C20H24N2O2/c1-2-22-13-12-21-14-19(22)20(23)24-15-16-8-10-18(11-9-16)17-6-4-3-5-7-17/h3-11,19,21H,2,12-15H2,1H3. The van der Waals surface area contributed by atoms with Gasteiger partial charge in [-0.05, 0) is 23.2 Å². The fraction of sp³-hybridized carbons (Fsp3) is 0.350. The molecule has 0 amide bonds. The summed E-state index contributed by atoms with van der Waals surface area (Å²) in [5.74, 6) is -0.142. The molecule has 1 heterocycles. The number of nitrogens with one attached hydrogen (secondary N) is 1. The fourth-order valence-corrected chi connectivity index (χ4v) is 3.03. The highest BCUT2D eigenvalue weighted by Crippen LogP contribution is 2.19. The van der Waals surface area contributed by atoms with E-state index in [1.54, 1.807) is 0 Å². The van der Waals surface area contributed by atoms with E-state index >= 15 is 0 Å². The first-order valence-corrected chi connectivity index (χ1v) is 8.53. The largest absolute Gasteiger partial charge is 0.460 e. The van der Waals surface area contributed by atoms with Crippen LogP contribution in [0.5, 0.6) is 0 Å². The Kier molecular flexibility index (Phi) is 5.62. The smallest absolute Gasteiger partial charge is 0.325 e. The van der Waals surface area contributed by atoms with E-state index in [4.69, 9.17) is 4.74 Å². The van der Waals surface area contributed by atoms with Gasteiger partial charge in [0.2, 0.25) is 0 Å². The molecule has 126 valence electrons. The molecule has 0 radical (unpaired) electrons. The maximum Gasteiger partial charge on any atom is 0.325 e. The van der Waals surface area contributed by atoms with Crippen LogP contribution in [0.4, 0.5) is 0 Å². The van der Waals surface area contributed by atoms with Crippen molar-refractivity contribution in [1.82, 2.24) is 10.2 Å². The number of carbonyl (C=O) groups is 1. The number of ether oxygens (including phenoxy) is 1. The topological polar surface area (TPSA) is 41.6 Å². The molecule has 1 unspecified atom stereocenters. The van der Waals surface area contributed by atoms with Crippen LogP contribution in [-0.4, -0.2) is 43.1 Å². The lowest BCUT2D eigenvalue weighted by Gasteiger charge is -2.33. The van der Waals surface area contributed by atoms with E-state index in [1.165, 1.54) is 11.1 Å². The third-order valence-corrected chi connectivity index (χ3v) is 4.47. The van der Waals surface area contributed by atoms with Crippen LogP contribution in [0.3, 0.4) is 0 Å². The Balaban J connectivity index is 1.57. The van der Waals surface area contributed by atoms with Crippen molar-refractivity contribution >= 4 is 5.97 Å². The van der Waals surface area contributed by atoms with Crippen LogP contribution in [0.1, 0.15) is 12.5 Å². The van der Waals surface area contributed by atoms with Crippen molar-refractivity contribution in [2.24, 2.45) is 0 Å². The monoisotopic (exact) mass is 324 g/mol. The maximum absolute atomic E-state index is 12.3. The highest BCUT2D eigenvalue weighted by molar-refractivity contribution is 5.76. The fourth-order valence-electron chi connectivity index (χ4n) is 3.03. The number of hydrogen-bond acceptors (Lipinski definition) is 4. The van der Waals surface area contributed by atoms with Crippen LogP contribution < -0.4 is 5.32 Å². The summed E-state index contributed by atoms with van der Waals surface area (Å²) in [6.07, 6.45) is 0. The van der Waals surface area contributed by atoms with Gasteiger partial charge in [0.15, 0.2) is 0 Å². The molecule has 0 spiro atoms. The van der Waals surface area contributed by atoms with E-state index < -0.39 is 0 Å². The summed E-state index contributed by atoms with van der Waals surface area (Å²) < 4.78 is 5.52. The molecule has 4 heteroatoms. The van der Waals surface area contributed by atoms with Gasteiger partial charge in [-0.3, -0.25) is 9.69 Å². The third-order valence-electron chi connectivity index (χ3n) is 4.47. The second kappa shape index (κ2) is 8.08. The lowest BCUT2D eigenvalue weighted by atomic mass is 10.0. The lowest BCUT2D eigenvalue weighted by molar-refractivity contribution is -0.152. The first kappa shape index (κ1) is 16.7. The van der Waals surface area contributed by atoms with E-state index in [0.29, 0.717) is 13.2 Å². The molecule has 24 heavy (non-hydrogen) atoms. The number of rotatable bonds is 5. The molecule has 4 nitrogen and oxygen atoms in total. The summed E-state index contributed by atoms with van der Waals surface area (Å²) in [6, 6.07) is 18.3. The number of esters is 1. The van der Waals surface area contributed by atoms with Gasteiger partial charge in [0.05, 0.1) is 0 Å². The van der Waals surface area contributed by atoms with Gasteiger partial charge in [-0.15, -0.1) is 0 Å². The van der Waals surface area contributed by atoms with Gasteiger partial charge < -0.3 is 10.1 Å². The number of carbonyl (C=O) groups excluding carboxylic acids is 1. The normalized spacial score (nSPS) is 18.3. The highest BCUT2D eigenvalue weighted by atomic mass is 16.5. The number of benzene rings is 2. The number of likely N-dealkylation sites (N-methyl/N-ethyl adjacent to an activating group) is 1. The van der Waals surface area contributed by atoms with Crippen LogP contribution in [0, 0.1) is 0 Å². The molecule has 0 aromatic heterocycles. The minimum Gasteiger partial charge on any atom is -0.460 e. The van der Waals surface area contributed by atoms with Gasteiger partial charge in [-0.2, -0.15) is 0 Å². The van der Waals surface area contributed by atoms with Crippen molar-refractivity contribution in [3.05, 3.63) is 60.2 Å². The van der Waals surface area contributed by atoms with Gasteiger partial charge in [0.1, 0.15) is 12.6 Å². The van der Waals surface area contributed by atoms with Crippen LogP contribution >= 0.6 is 0 Å². The lowest BCUT2D eigenvalue weighted by Crippen LogP contribution is -2.55. The van der Waals surface area contributed by atoms with Crippen molar-refractivity contribution in [1.29, 1.82) is 0 Å². The van der Waals surface area contributed by atoms with Crippen molar-refractivity contribution in [3.8, 4) is 11.1 Å². The Morgan fingerprint density at radius 1 is 1.12 bits per heavy atom. The summed E-state index contributed by atoms with van der Waals surface area (Å²) in [5, 5.41) is 3.26. The molecule has 1 atom stereocenters. The van der Waals surface area contributed by atoms with Crippen LogP contribution in [0.15, 0.2) is 54.6 Å². The Morgan fingerprint density at radius 3 is 2.54 bits per heavy atom. The molecule has 1 aliphatic rings. The third kappa shape index (κ3) is 4.02. The number of piperazine rings is 1. The van der Waals surface area contributed by atoms with Crippen molar-refractivity contribution in [3.63, 3.8) is 0 Å². The van der Waals surface area contributed by atoms with Gasteiger partial charge in [0, 0.05) is 19.6 Å². The highest BCUT2D eigenvalue weighted by Gasteiger charge is 2.28. The minimum atomic E-state index is -0.174. The molecule has 0 aliphatic carbocycles. The van der Waals surface area contributed by atoms with Gasteiger partial charge in [-0.1, -0.05) is 61.5 Å². The van der Waals surface area contributed by atoms with E-state index in [2.05, 4.69) is 41.4 Å². The van der Waals surface area contributed by atoms with Crippen LogP contribution in [-0.2, 0) is 16.1 Å². The zero-order valence-electron chi connectivity index (χ0n) is 14.1. The zero-order valence-corrected chi connectivity index (χ0v) is 14.1. The first-order chi connectivity index (χ1) is 11.8. The Hall–Kier alpha value is -2.17. The average Bonchev–Trinajstić information content (AvgIpc) is 2.67. The zero-order chi connectivity index (χ0) is 16.8. The average molecular weight is 324 g/mol. The number of nitrogens with zero attached hydrogens (tertiary/aromatic N) is 1. The van der Waals surface area contributed by atoms with E-state index in [9.17, 15) is 4.79 Å². The molecular weight excluding hydrogens is 300 g/mol. The number of hydrogen-bond donors (Lipinski definition) is 1. The SMILES string of the molecule is CCN1CCNCC1C(=O)OCc1ccc(-c2ccccc2)cc1. The molecule has 1 fully saturated rings. The van der Waals surface area contributed by atoms with Crippen molar-refractivity contribution < 1.29 is 9.53 Å². The minimum absolute atomic E-state index is 0.142. The Labute approximate surface area is 143 Å². The molecule has 0 saturated carbocycles. The summed E-state index contributed by atoms with van der Waals surface area (Å²) in [6.45, 7) is 5.75. The molecule has 1 saturated heterocycles. The predicted octanol–water partition coefficient (Wildman–Crippen LogP) is 2.69. The first-order valence-electron chi connectivity index (χ1n) is 8.53.